The molecular formula is C22H27N3O3. The van der Waals surface area contributed by atoms with E-state index in [1.165, 1.54) is 25.2 Å². The van der Waals surface area contributed by atoms with Gasteiger partial charge in [-0.1, -0.05) is 24.3 Å². The monoisotopic (exact) mass is 381 g/mol. The summed E-state index contributed by atoms with van der Waals surface area (Å²) in [5, 5.41) is 2.87. The van der Waals surface area contributed by atoms with Crippen molar-refractivity contribution in [3.63, 3.8) is 0 Å². The number of anilines is 1. The Balaban J connectivity index is 1.68. The molecule has 2 aromatic rings. The van der Waals surface area contributed by atoms with Crippen molar-refractivity contribution >= 4 is 17.5 Å². The summed E-state index contributed by atoms with van der Waals surface area (Å²) in [5.41, 5.74) is 3.71. The summed E-state index contributed by atoms with van der Waals surface area (Å²) in [7, 11) is 5.41. The molecule has 1 N–H and O–H groups in total. The number of carbonyl (C=O) groups is 2. The predicted molar refractivity (Wildman–Crippen MR) is 110 cm³/mol. The van der Waals surface area contributed by atoms with Crippen molar-refractivity contribution in [1.82, 2.24) is 9.80 Å². The molecule has 1 heterocycles. The lowest BCUT2D eigenvalue weighted by Gasteiger charge is -2.36. The molecule has 0 bridgehead atoms. The number of nitrogens with one attached hydrogen (secondary N) is 1. The van der Waals surface area contributed by atoms with Crippen molar-refractivity contribution in [1.29, 1.82) is 0 Å². The quantitative estimate of drug-likeness (QED) is 0.806. The number of urea groups is 1. The van der Waals surface area contributed by atoms with E-state index in [4.69, 9.17) is 4.74 Å². The third kappa shape index (κ3) is 4.34. The van der Waals surface area contributed by atoms with Crippen LogP contribution in [0.3, 0.4) is 0 Å². The normalized spacial score (nSPS) is 16.2. The first-order valence-corrected chi connectivity index (χ1v) is 9.37. The number of Topliss-reactive ketones (excluding diaryl/α,β-unsaturated/α-hetero) is 1. The third-order valence-electron chi connectivity index (χ3n) is 5.30. The molecule has 0 unspecified atom stereocenters. The fourth-order valence-electron chi connectivity index (χ4n) is 3.56. The van der Waals surface area contributed by atoms with Crippen molar-refractivity contribution in [3.05, 3.63) is 59.2 Å². The van der Waals surface area contributed by atoms with Crippen LogP contribution in [-0.4, -0.2) is 55.4 Å². The fraction of sp³-hybridized carbons (Fsp3) is 0.364. The third-order valence-corrected chi connectivity index (χ3v) is 5.30. The number of methoxy groups -OCH3 is 1. The largest absolute Gasteiger partial charge is 0.495 e. The zero-order chi connectivity index (χ0) is 20.3. The molecule has 28 heavy (non-hydrogen) atoms. The Labute approximate surface area is 166 Å². The molecule has 0 aromatic heterocycles. The Kier molecular flexibility index (Phi) is 5.99. The molecule has 1 aliphatic rings. The second kappa shape index (κ2) is 8.44. The number of benzene rings is 2. The van der Waals surface area contributed by atoms with Gasteiger partial charge in [-0.2, -0.15) is 0 Å². The topological polar surface area (TPSA) is 61.9 Å². The van der Waals surface area contributed by atoms with Crippen LogP contribution >= 0.6 is 0 Å². The molecule has 2 aromatic carbocycles. The summed E-state index contributed by atoms with van der Waals surface area (Å²) < 4.78 is 5.31. The lowest BCUT2D eigenvalue weighted by atomic mass is 9.94. The minimum atomic E-state index is -0.230. The standard InChI is InChI=1S/C22H27N3O3/c1-15(26)16-9-10-21(28-4)20(12-16)23-22(27)25(3)14-19-11-17-7-5-6-8-18(17)13-24(19)2/h5-10,12,19H,11,13-14H2,1-4H3,(H,23,27)/t19-/m1/s1. The van der Waals surface area contributed by atoms with Gasteiger partial charge in [-0.3, -0.25) is 9.69 Å². The van der Waals surface area contributed by atoms with E-state index < -0.39 is 0 Å². The number of rotatable bonds is 5. The molecule has 1 aliphatic heterocycles. The highest BCUT2D eigenvalue weighted by Crippen LogP contribution is 2.26. The summed E-state index contributed by atoms with van der Waals surface area (Å²) >= 11 is 0. The van der Waals surface area contributed by atoms with Crippen LogP contribution in [0.1, 0.15) is 28.4 Å². The van der Waals surface area contributed by atoms with Gasteiger partial charge in [0.15, 0.2) is 5.78 Å². The SMILES string of the molecule is COc1ccc(C(C)=O)cc1NC(=O)N(C)C[C@H]1Cc2ccccc2CN1C. The molecular weight excluding hydrogens is 354 g/mol. The summed E-state index contributed by atoms with van der Waals surface area (Å²) in [4.78, 5) is 28.3. The maximum atomic E-state index is 12.7. The molecule has 0 aliphatic carbocycles. The van der Waals surface area contributed by atoms with E-state index in [0.29, 0.717) is 23.5 Å². The summed E-state index contributed by atoms with van der Waals surface area (Å²) in [6.45, 7) is 2.98. The van der Waals surface area contributed by atoms with Gasteiger partial charge in [0.25, 0.3) is 0 Å². The van der Waals surface area contributed by atoms with Gasteiger partial charge in [0.1, 0.15) is 5.75 Å². The molecule has 0 spiro atoms. The van der Waals surface area contributed by atoms with Gasteiger partial charge in [0, 0.05) is 31.7 Å². The van der Waals surface area contributed by atoms with E-state index >= 15 is 0 Å². The molecule has 1 atom stereocenters. The molecule has 0 radical (unpaired) electrons. The molecule has 6 nitrogen and oxygen atoms in total. The predicted octanol–water partition coefficient (Wildman–Crippen LogP) is 3.42. The van der Waals surface area contributed by atoms with Crippen molar-refractivity contribution in [3.8, 4) is 5.75 Å². The molecule has 6 heteroatoms. The molecule has 0 saturated carbocycles. The zero-order valence-corrected chi connectivity index (χ0v) is 16.9. The van der Waals surface area contributed by atoms with E-state index in [-0.39, 0.29) is 17.9 Å². The number of nitrogens with zero attached hydrogens (tertiary/aromatic N) is 2. The Bertz CT molecular complexity index is 881. The molecule has 2 amide bonds. The molecule has 3 rings (SSSR count). The minimum Gasteiger partial charge on any atom is -0.495 e. The fourth-order valence-corrected chi connectivity index (χ4v) is 3.56. The van der Waals surface area contributed by atoms with Crippen LogP contribution in [0.5, 0.6) is 5.75 Å². The molecule has 0 saturated heterocycles. The van der Waals surface area contributed by atoms with Gasteiger partial charge in [-0.05, 0) is 49.7 Å². The lowest BCUT2D eigenvalue weighted by Crippen LogP contribution is -2.47. The number of likely N-dealkylation sites (N-methyl/N-ethyl adjacent to an activating group) is 2. The van der Waals surface area contributed by atoms with E-state index in [1.807, 2.05) is 0 Å². The van der Waals surface area contributed by atoms with Crippen molar-refractivity contribution in [2.24, 2.45) is 0 Å². The first kappa shape index (κ1) is 19.9. The number of hydrogen-bond donors (Lipinski definition) is 1. The summed E-state index contributed by atoms with van der Waals surface area (Å²) in [6.07, 6.45) is 0.910. The second-order valence-electron chi connectivity index (χ2n) is 7.32. The number of ether oxygens (including phenoxy) is 1. The first-order valence-electron chi connectivity index (χ1n) is 9.37. The van der Waals surface area contributed by atoms with Gasteiger partial charge >= 0.3 is 6.03 Å². The van der Waals surface area contributed by atoms with Crippen LogP contribution in [0.4, 0.5) is 10.5 Å². The smallest absolute Gasteiger partial charge is 0.321 e. The highest BCUT2D eigenvalue weighted by atomic mass is 16.5. The lowest BCUT2D eigenvalue weighted by molar-refractivity contribution is 0.101. The van der Waals surface area contributed by atoms with Crippen LogP contribution < -0.4 is 10.1 Å². The number of carbonyl (C=O) groups excluding carboxylic acids is 2. The van der Waals surface area contributed by atoms with E-state index in [1.54, 1.807) is 30.1 Å². The average molecular weight is 381 g/mol. The number of ketones is 1. The van der Waals surface area contributed by atoms with Crippen LogP contribution in [0.2, 0.25) is 0 Å². The Morgan fingerprint density at radius 3 is 2.61 bits per heavy atom. The highest BCUT2D eigenvalue weighted by molar-refractivity contribution is 5.97. The highest BCUT2D eigenvalue weighted by Gasteiger charge is 2.25. The van der Waals surface area contributed by atoms with Crippen LogP contribution in [-0.2, 0) is 13.0 Å². The van der Waals surface area contributed by atoms with Gasteiger partial charge in [0.2, 0.25) is 0 Å². The molecule has 0 fully saturated rings. The Hall–Kier alpha value is -2.86. The second-order valence-corrected chi connectivity index (χ2v) is 7.32. The van der Waals surface area contributed by atoms with Gasteiger partial charge < -0.3 is 15.0 Å². The van der Waals surface area contributed by atoms with E-state index in [0.717, 1.165) is 13.0 Å². The Morgan fingerprint density at radius 2 is 1.93 bits per heavy atom. The average Bonchev–Trinajstić information content (AvgIpc) is 2.68. The van der Waals surface area contributed by atoms with Crippen molar-refractivity contribution in [2.45, 2.75) is 25.9 Å². The van der Waals surface area contributed by atoms with Crippen LogP contribution in [0.15, 0.2) is 42.5 Å². The Morgan fingerprint density at radius 1 is 1.21 bits per heavy atom. The van der Waals surface area contributed by atoms with Crippen molar-refractivity contribution < 1.29 is 14.3 Å². The van der Waals surface area contributed by atoms with Crippen LogP contribution in [0, 0.1) is 0 Å². The maximum absolute atomic E-state index is 12.7. The van der Waals surface area contributed by atoms with Gasteiger partial charge in [0.05, 0.1) is 12.8 Å². The minimum absolute atomic E-state index is 0.0611. The number of hydrogen-bond acceptors (Lipinski definition) is 4. The summed E-state index contributed by atoms with van der Waals surface area (Å²) in [5.74, 6) is 0.462. The van der Waals surface area contributed by atoms with Gasteiger partial charge in [-0.25, -0.2) is 4.79 Å². The van der Waals surface area contributed by atoms with Crippen molar-refractivity contribution in [2.75, 3.05) is 33.1 Å². The molecule has 148 valence electrons. The summed E-state index contributed by atoms with van der Waals surface area (Å²) in [6, 6.07) is 13.5. The van der Waals surface area contributed by atoms with Gasteiger partial charge in [-0.15, -0.1) is 0 Å². The zero-order valence-electron chi connectivity index (χ0n) is 16.9. The van der Waals surface area contributed by atoms with E-state index in [2.05, 4.69) is 41.5 Å². The maximum Gasteiger partial charge on any atom is 0.321 e. The first-order chi connectivity index (χ1) is 13.4. The van der Waals surface area contributed by atoms with E-state index in [9.17, 15) is 9.59 Å². The number of fused-ring (bicyclic) bond motifs is 1. The van der Waals surface area contributed by atoms with Crippen LogP contribution in [0.25, 0.3) is 0 Å². The number of amides is 2.